The average molecular weight is 292 g/mol. The van der Waals surface area contributed by atoms with E-state index >= 15 is 0 Å². The van der Waals surface area contributed by atoms with Gasteiger partial charge in [0.2, 0.25) is 5.88 Å². The van der Waals surface area contributed by atoms with Crippen LogP contribution >= 0.6 is 0 Å². The summed E-state index contributed by atoms with van der Waals surface area (Å²) in [6.07, 6.45) is 1.69. The normalized spacial score (nSPS) is 11.0. The molecule has 21 heavy (non-hydrogen) atoms. The first-order valence-corrected chi connectivity index (χ1v) is 6.77. The van der Waals surface area contributed by atoms with Crippen LogP contribution in [-0.4, -0.2) is 11.0 Å². The number of hydrogen-bond donors (Lipinski definition) is 1. The Kier molecular flexibility index (Phi) is 4.85. The van der Waals surface area contributed by atoms with Crippen molar-refractivity contribution in [1.82, 2.24) is 10.3 Å². The van der Waals surface area contributed by atoms with Crippen molar-refractivity contribution in [2.45, 2.75) is 33.4 Å². The van der Waals surface area contributed by atoms with Crippen molar-refractivity contribution in [3.05, 3.63) is 53.2 Å². The van der Waals surface area contributed by atoms with Gasteiger partial charge in [0.1, 0.15) is 17.4 Å². The third-order valence-corrected chi connectivity index (χ3v) is 2.85. The highest BCUT2D eigenvalue weighted by molar-refractivity contribution is 5.34. The van der Waals surface area contributed by atoms with Gasteiger partial charge in [-0.2, -0.15) is 0 Å². The van der Waals surface area contributed by atoms with Crippen LogP contribution in [0.5, 0.6) is 11.6 Å². The molecule has 0 aliphatic rings. The van der Waals surface area contributed by atoms with Crippen molar-refractivity contribution in [2.75, 3.05) is 0 Å². The van der Waals surface area contributed by atoms with Crippen LogP contribution in [0.3, 0.4) is 0 Å². The van der Waals surface area contributed by atoms with Crippen molar-refractivity contribution < 1.29 is 13.5 Å². The molecule has 2 aromatic rings. The molecule has 0 saturated heterocycles. The van der Waals surface area contributed by atoms with Crippen LogP contribution in [0.4, 0.5) is 8.78 Å². The number of aryl methyl sites for hydroxylation is 1. The van der Waals surface area contributed by atoms with Gasteiger partial charge in [0.25, 0.3) is 0 Å². The van der Waals surface area contributed by atoms with Crippen LogP contribution in [0, 0.1) is 18.6 Å². The van der Waals surface area contributed by atoms with Crippen LogP contribution in [0.1, 0.15) is 25.0 Å². The second-order valence-corrected chi connectivity index (χ2v) is 5.21. The summed E-state index contributed by atoms with van der Waals surface area (Å²) in [5.74, 6) is -0.926. The first-order valence-electron chi connectivity index (χ1n) is 6.77. The van der Waals surface area contributed by atoms with E-state index in [-0.39, 0.29) is 5.75 Å². The van der Waals surface area contributed by atoms with Gasteiger partial charge in [0, 0.05) is 42.5 Å². The molecule has 1 aromatic heterocycles. The lowest BCUT2D eigenvalue weighted by molar-refractivity contribution is 0.447. The zero-order valence-electron chi connectivity index (χ0n) is 12.3. The number of ether oxygens (including phenoxy) is 1. The average Bonchev–Trinajstić information content (AvgIpc) is 2.38. The second kappa shape index (κ2) is 6.63. The van der Waals surface area contributed by atoms with Gasteiger partial charge in [-0.25, -0.2) is 13.8 Å². The molecule has 0 bridgehead atoms. The van der Waals surface area contributed by atoms with Gasteiger partial charge in [-0.05, 0) is 18.6 Å². The Morgan fingerprint density at radius 1 is 1.14 bits per heavy atom. The predicted molar refractivity (Wildman–Crippen MR) is 77.4 cm³/mol. The summed E-state index contributed by atoms with van der Waals surface area (Å²) in [6.45, 7) is 6.68. The number of halogens is 2. The summed E-state index contributed by atoms with van der Waals surface area (Å²) in [5.41, 5.74) is 1.83. The fraction of sp³-hybridized carbons (Fsp3) is 0.312. The van der Waals surface area contributed by atoms with E-state index in [0.717, 1.165) is 29.3 Å². The summed E-state index contributed by atoms with van der Waals surface area (Å²) >= 11 is 0. The van der Waals surface area contributed by atoms with Crippen LogP contribution < -0.4 is 10.1 Å². The van der Waals surface area contributed by atoms with Crippen molar-refractivity contribution in [1.29, 1.82) is 0 Å². The molecule has 2 rings (SSSR count). The maximum Gasteiger partial charge on any atom is 0.222 e. The van der Waals surface area contributed by atoms with E-state index in [1.807, 2.05) is 13.0 Å². The van der Waals surface area contributed by atoms with E-state index in [4.69, 9.17) is 4.74 Å². The third-order valence-electron chi connectivity index (χ3n) is 2.85. The quantitative estimate of drug-likeness (QED) is 0.905. The molecule has 0 aliphatic carbocycles. The lowest BCUT2D eigenvalue weighted by atomic mass is 10.2. The molecule has 0 aliphatic heterocycles. The van der Waals surface area contributed by atoms with E-state index in [2.05, 4.69) is 24.1 Å². The van der Waals surface area contributed by atoms with Gasteiger partial charge < -0.3 is 10.1 Å². The molecule has 0 saturated carbocycles. The van der Waals surface area contributed by atoms with Gasteiger partial charge in [-0.15, -0.1) is 0 Å². The molecule has 0 amide bonds. The first kappa shape index (κ1) is 15.4. The molecular weight excluding hydrogens is 274 g/mol. The minimum atomic E-state index is -0.680. The Hall–Kier alpha value is -2.01. The van der Waals surface area contributed by atoms with E-state index in [1.165, 1.54) is 0 Å². The number of aromatic nitrogens is 1. The highest BCUT2D eigenvalue weighted by Gasteiger charge is 2.07. The summed E-state index contributed by atoms with van der Waals surface area (Å²) in [5, 5.41) is 3.29. The summed E-state index contributed by atoms with van der Waals surface area (Å²) < 4.78 is 31.7. The van der Waals surface area contributed by atoms with Crippen molar-refractivity contribution >= 4 is 0 Å². The van der Waals surface area contributed by atoms with Crippen LogP contribution in [0.2, 0.25) is 0 Å². The van der Waals surface area contributed by atoms with Gasteiger partial charge in [0.15, 0.2) is 0 Å². The molecule has 1 heterocycles. The Morgan fingerprint density at radius 3 is 2.38 bits per heavy atom. The summed E-state index contributed by atoms with van der Waals surface area (Å²) in [4.78, 5) is 4.20. The number of rotatable bonds is 5. The van der Waals surface area contributed by atoms with E-state index < -0.39 is 11.6 Å². The van der Waals surface area contributed by atoms with Gasteiger partial charge in [0.05, 0.1) is 0 Å². The zero-order chi connectivity index (χ0) is 15.4. The van der Waals surface area contributed by atoms with Gasteiger partial charge in [-0.1, -0.05) is 13.8 Å². The number of benzene rings is 1. The molecule has 3 nitrogen and oxygen atoms in total. The lowest BCUT2D eigenvalue weighted by Crippen LogP contribution is -2.21. The van der Waals surface area contributed by atoms with E-state index in [1.54, 1.807) is 6.20 Å². The molecule has 0 radical (unpaired) electrons. The van der Waals surface area contributed by atoms with Crippen molar-refractivity contribution in [3.63, 3.8) is 0 Å². The number of nitrogens with zero attached hydrogens (tertiary/aromatic N) is 1. The van der Waals surface area contributed by atoms with Crippen LogP contribution in [-0.2, 0) is 6.54 Å². The summed E-state index contributed by atoms with van der Waals surface area (Å²) in [6, 6.07) is 5.37. The maximum absolute atomic E-state index is 13.1. The molecule has 0 spiro atoms. The lowest BCUT2D eigenvalue weighted by Gasteiger charge is -2.11. The standard InChI is InChI=1S/C16H18F2N2O/c1-10(2)19-8-12-4-11(3)16(20-9-12)21-15-6-13(17)5-14(18)7-15/h4-7,9-10,19H,8H2,1-3H3. The Balaban J connectivity index is 2.13. The largest absolute Gasteiger partial charge is 0.439 e. The molecule has 0 unspecified atom stereocenters. The van der Waals surface area contributed by atoms with Gasteiger partial charge >= 0.3 is 0 Å². The van der Waals surface area contributed by atoms with Gasteiger partial charge in [-0.3, -0.25) is 0 Å². The van der Waals surface area contributed by atoms with Crippen LogP contribution in [0.25, 0.3) is 0 Å². The fourth-order valence-corrected chi connectivity index (χ4v) is 1.85. The smallest absolute Gasteiger partial charge is 0.222 e. The number of pyridine rings is 1. The molecule has 0 atom stereocenters. The minimum absolute atomic E-state index is 0.0937. The Bertz CT molecular complexity index is 609. The monoisotopic (exact) mass is 292 g/mol. The zero-order valence-corrected chi connectivity index (χ0v) is 12.3. The molecule has 112 valence electrons. The van der Waals surface area contributed by atoms with E-state index in [9.17, 15) is 8.78 Å². The predicted octanol–water partition coefficient (Wildman–Crippen LogP) is 3.96. The molecule has 0 fully saturated rings. The van der Waals surface area contributed by atoms with Crippen LogP contribution in [0.15, 0.2) is 30.5 Å². The summed E-state index contributed by atoms with van der Waals surface area (Å²) in [7, 11) is 0. The maximum atomic E-state index is 13.1. The first-order chi connectivity index (χ1) is 9.94. The number of hydrogen-bond acceptors (Lipinski definition) is 3. The highest BCUT2D eigenvalue weighted by atomic mass is 19.1. The third kappa shape index (κ3) is 4.49. The minimum Gasteiger partial charge on any atom is -0.439 e. The second-order valence-electron chi connectivity index (χ2n) is 5.21. The molecular formula is C16H18F2N2O. The molecule has 5 heteroatoms. The van der Waals surface area contributed by atoms with Crippen molar-refractivity contribution in [3.8, 4) is 11.6 Å². The molecule has 1 aromatic carbocycles. The topological polar surface area (TPSA) is 34.2 Å². The van der Waals surface area contributed by atoms with Crippen molar-refractivity contribution in [2.24, 2.45) is 0 Å². The molecule has 1 N–H and O–H groups in total. The fourth-order valence-electron chi connectivity index (χ4n) is 1.85. The Labute approximate surface area is 123 Å². The SMILES string of the molecule is Cc1cc(CNC(C)C)cnc1Oc1cc(F)cc(F)c1. The number of nitrogens with one attached hydrogen (secondary N) is 1. The van der Waals surface area contributed by atoms with E-state index in [0.29, 0.717) is 18.5 Å². The Morgan fingerprint density at radius 2 is 1.81 bits per heavy atom. The highest BCUT2D eigenvalue weighted by Crippen LogP contribution is 2.24.